The van der Waals surface area contributed by atoms with Crippen molar-refractivity contribution in [1.82, 2.24) is 16.0 Å². The number of hydrogen-bond donors (Lipinski definition) is 3. The zero-order valence-corrected chi connectivity index (χ0v) is 15.0. The van der Waals surface area contributed by atoms with E-state index in [4.69, 9.17) is 11.6 Å². The number of amides is 2. The molecule has 2 amide bonds. The van der Waals surface area contributed by atoms with Crippen LogP contribution in [-0.2, 0) is 0 Å². The first-order valence-electron chi connectivity index (χ1n) is 7.94. The van der Waals surface area contributed by atoms with E-state index in [1.165, 1.54) is 0 Å². The molecule has 126 valence electrons. The van der Waals surface area contributed by atoms with Crippen molar-refractivity contribution in [3.63, 3.8) is 0 Å². The quantitative estimate of drug-likeness (QED) is 0.784. The third-order valence-corrected chi connectivity index (χ3v) is 4.10. The van der Waals surface area contributed by atoms with Crippen LogP contribution in [0.4, 0.5) is 4.79 Å². The molecule has 1 heterocycles. The van der Waals surface area contributed by atoms with E-state index in [0.717, 1.165) is 18.4 Å². The fourth-order valence-corrected chi connectivity index (χ4v) is 3.67. The molecular weight excluding hydrogens is 310 g/mol. The minimum Gasteiger partial charge on any atom is -0.335 e. The van der Waals surface area contributed by atoms with Crippen molar-refractivity contribution in [2.45, 2.75) is 57.7 Å². The molecule has 0 unspecified atom stereocenters. The highest BCUT2D eigenvalue weighted by Gasteiger charge is 2.38. The second kappa shape index (κ2) is 6.93. The van der Waals surface area contributed by atoms with Crippen LogP contribution in [0.1, 0.15) is 46.1 Å². The summed E-state index contributed by atoms with van der Waals surface area (Å²) in [6.07, 6.45) is 5.27. The minimum absolute atomic E-state index is 0.0102. The van der Waals surface area contributed by atoms with Gasteiger partial charge in [-0.3, -0.25) is 0 Å². The molecule has 2 rings (SSSR count). The molecule has 0 atom stereocenters. The standard InChI is InChI=1S/C18H26ClN3O/c1-17(2)11-15(12-18(3,4)22-17)21-16(23)20-9-8-13-6-5-7-14(19)10-13/h5-10,15,22H,11-12H2,1-4H3,(H2,20,21,23)/b9-8+. The Hall–Kier alpha value is -1.52. The van der Waals surface area contributed by atoms with E-state index in [1.807, 2.05) is 30.3 Å². The van der Waals surface area contributed by atoms with Crippen molar-refractivity contribution in [2.24, 2.45) is 0 Å². The summed E-state index contributed by atoms with van der Waals surface area (Å²) in [5, 5.41) is 10.1. The second-order valence-electron chi connectivity index (χ2n) is 7.50. The van der Waals surface area contributed by atoms with E-state index in [9.17, 15) is 4.79 Å². The van der Waals surface area contributed by atoms with E-state index in [0.29, 0.717) is 5.02 Å². The lowest BCUT2D eigenvalue weighted by Crippen LogP contribution is -2.62. The number of urea groups is 1. The van der Waals surface area contributed by atoms with Crippen molar-refractivity contribution >= 4 is 23.7 Å². The maximum absolute atomic E-state index is 12.1. The molecule has 1 aliphatic rings. The first-order valence-corrected chi connectivity index (χ1v) is 8.32. The van der Waals surface area contributed by atoms with Crippen LogP contribution in [0.2, 0.25) is 5.02 Å². The third-order valence-electron chi connectivity index (χ3n) is 3.86. The number of halogens is 1. The Kier molecular flexibility index (Phi) is 5.37. The Bertz CT molecular complexity index is 580. The van der Waals surface area contributed by atoms with Gasteiger partial charge in [-0.1, -0.05) is 23.7 Å². The van der Waals surface area contributed by atoms with Crippen molar-refractivity contribution in [3.05, 3.63) is 41.1 Å². The number of carbonyl (C=O) groups excluding carboxylic acids is 1. The van der Waals surface area contributed by atoms with Crippen LogP contribution in [0.5, 0.6) is 0 Å². The molecule has 0 bridgehead atoms. The molecule has 1 aromatic carbocycles. The van der Waals surface area contributed by atoms with Crippen molar-refractivity contribution in [2.75, 3.05) is 0 Å². The largest absolute Gasteiger partial charge is 0.335 e. The average Bonchev–Trinajstić information content (AvgIpc) is 2.34. The molecule has 5 heteroatoms. The first kappa shape index (κ1) is 17.8. The number of benzene rings is 1. The van der Waals surface area contributed by atoms with Crippen LogP contribution in [0.15, 0.2) is 30.5 Å². The van der Waals surface area contributed by atoms with Crippen molar-refractivity contribution < 1.29 is 4.79 Å². The van der Waals surface area contributed by atoms with E-state index < -0.39 is 0 Å². The Labute approximate surface area is 143 Å². The van der Waals surface area contributed by atoms with Crippen molar-refractivity contribution in [3.8, 4) is 0 Å². The predicted octanol–water partition coefficient (Wildman–Crippen LogP) is 3.92. The summed E-state index contributed by atoms with van der Waals surface area (Å²) in [6.45, 7) is 8.66. The van der Waals surface area contributed by atoms with Gasteiger partial charge in [-0.05, 0) is 64.3 Å². The van der Waals surface area contributed by atoms with E-state index >= 15 is 0 Å². The van der Waals surface area contributed by atoms with Crippen LogP contribution >= 0.6 is 11.6 Å². The van der Waals surface area contributed by atoms with E-state index in [2.05, 4.69) is 43.6 Å². The molecule has 0 radical (unpaired) electrons. The zero-order chi connectivity index (χ0) is 17.1. The summed E-state index contributed by atoms with van der Waals surface area (Å²) in [6, 6.07) is 7.44. The Morgan fingerprint density at radius 2 is 1.91 bits per heavy atom. The third kappa shape index (κ3) is 5.88. The normalized spacial score (nSPS) is 20.4. The number of rotatable bonds is 3. The number of hydrogen-bond acceptors (Lipinski definition) is 2. The number of nitrogens with one attached hydrogen (secondary N) is 3. The molecule has 1 aromatic rings. The Morgan fingerprint density at radius 3 is 2.52 bits per heavy atom. The summed E-state index contributed by atoms with van der Waals surface area (Å²) < 4.78 is 0. The fraction of sp³-hybridized carbons (Fsp3) is 0.500. The van der Waals surface area contributed by atoms with Crippen LogP contribution in [0.25, 0.3) is 6.08 Å². The molecule has 23 heavy (non-hydrogen) atoms. The zero-order valence-electron chi connectivity index (χ0n) is 14.2. The molecule has 0 saturated carbocycles. The molecule has 0 spiro atoms. The van der Waals surface area contributed by atoms with Gasteiger partial charge in [0.15, 0.2) is 0 Å². The maximum Gasteiger partial charge on any atom is 0.318 e. The highest BCUT2D eigenvalue weighted by atomic mass is 35.5. The lowest BCUT2D eigenvalue weighted by molar-refractivity contribution is 0.148. The number of piperidine rings is 1. The topological polar surface area (TPSA) is 53.2 Å². The van der Waals surface area contributed by atoms with Gasteiger partial charge in [-0.15, -0.1) is 0 Å². The van der Waals surface area contributed by atoms with Crippen molar-refractivity contribution in [1.29, 1.82) is 0 Å². The van der Waals surface area contributed by atoms with Gasteiger partial charge in [0, 0.05) is 28.3 Å². The van der Waals surface area contributed by atoms with Gasteiger partial charge in [-0.25, -0.2) is 4.79 Å². The van der Waals surface area contributed by atoms with Crippen LogP contribution in [0.3, 0.4) is 0 Å². The molecule has 1 aliphatic heterocycles. The van der Waals surface area contributed by atoms with Gasteiger partial charge in [0.05, 0.1) is 0 Å². The molecule has 1 saturated heterocycles. The lowest BCUT2D eigenvalue weighted by atomic mass is 9.80. The fourth-order valence-electron chi connectivity index (χ4n) is 3.48. The minimum atomic E-state index is -0.179. The van der Waals surface area contributed by atoms with Gasteiger partial charge in [0.2, 0.25) is 0 Å². The summed E-state index contributed by atoms with van der Waals surface area (Å²) >= 11 is 5.93. The SMILES string of the molecule is CC1(C)CC(NC(=O)N/C=C/c2cccc(Cl)c2)CC(C)(C)N1. The van der Waals surface area contributed by atoms with E-state index in [1.54, 1.807) is 6.20 Å². The van der Waals surface area contributed by atoms with Crippen LogP contribution in [-0.4, -0.2) is 23.2 Å². The van der Waals surface area contributed by atoms with Gasteiger partial charge >= 0.3 is 6.03 Å². The molecular formula is C18H26ClN3O. The highest BCUT2D eigenvalue weighted by Crippen LogP contribution is 2.28. The molecule has 0 aliphatic carbocycles. The predicted molar refractivity (Wildman–Crippen MR) is 96.5 cm³/mol. The summed E-state index contributed by atoms with van der Waals surface area (Å²) in [7, 11) is 0. The average molecular weight is 336 g/mol. The van der Waals surface area contributed by atoms with Gasteiger partial charge in [0.25, 0.3) is 0 Å². The van der Waals surface area contributed by atoms with Gasteiger partial charge < -0.3 is 16.0 Å². The van der Waals surface area contributed by atoms with E-state index in [-0.39, 0.29) is 23.2 Å². The second-order valence-corrected chi connectivity index (χ2v) is 7.94. The Morgan fingerprint density at radius 1 is 1.26 bits per heavy atom. The molecule has 3 N–H and O–H groups in total. The number of carbonyl (C=O) groups is 1. The van der Waals surface area contributed by atoms with Crippen LogP contribution in [0, 0.1) is 0 Å². The molecule has 1 fully saturated rings. The highest BCUT2D eigenvalue weighted by molar-refractivity contribution is 6.30. The lowest BCUT2D eigenvalue weighted by Gasteiger charge is -2.46. The Balaban J connectivity index is 1.87. The summed E-state index contributed by atoms with van der Waals surface area (Å²) in [5.41, 5.74) is 0.967. The molecule has 0 aromatic heterocycles. The molecule has 4 nitrogen and oxygen atoms in total. The summed E-state index contributed by atoms with van der Waals surface area (Å²) in [5.74, 6) is 0. The summed E-state index contributed by atoms with van der Waals surface area (Å²) in [4.78, 5) is 12.1. The monoisotopic (exact) mass is 335 g/mol. The first-order chi connectivity index (χ1) is 10.7. The van der Waals surface area contributed by atoms with Gasteiger partial charge in [0.1, 0.15) is 0 Å². The van der Waals surface area contributed by atoms with Crippen LogP contribution < -0.4 is 16.0 Å². The smallest absolute Gasteiger partial charge is 0.318 e. The van der Waals surface area contributed by atoms with Gasteiger partial charge in [-0.2, -0.15) is 0 Å². The maximum atomic E-state index is 12.1.